The Hall–Kier alpha value is -2.71. The van der Waals surface area contributed by atoms with E-state index in [0.29, 0.717) is 19.1 Å². The molecule has 1 fully saturated rings. The van der Waals surface area contributed by atoms with E-state index in [1.54, 1.807) is 20.4 Å². The van der Waals surface area contributed by atoms with Crippen LogP contribution in [0.2, 0.25) is 0 Å². The number of methoxy groups -OCH3 is 2. The molecule has 0 radical (unpaired) electrons. The topological polar surface area (TPSA) is 74.0 Å². The molecule has 0 saturated carbocycles. The number of aryl methyl sites for hydroxylation is 1. The minimum Gasteiger partial charge on any atom is -0.481 e. The molecular weight excluding hydrogens is 358 g/mol. The number of rotatable bonds is 7. The summed E-state index contributed by atoms with van der Waals surface area (Å²) in [7, 11) is 3.31. The molecule has 28 heavy (non-hydrogen) atoms. The molecule has 8 heteroatoms. The number of ether oxygens (including phenoxy) is 3. The zero-order chi connectivity index (χ0) is 19.5. The van der Waals surface area contributed by atoms with E-state index in [4.69, 9.17) is 19.3 Å². The van der Waals surface area contributed by atoms with E-state index >= 15 is 0 Å². The summed E-state index contributed by atoms with van der Waals surface area (Å²) < 4.78 is 18.2. The Kier molecular flexibility index (Phi) is 5.40. The third-order valence-corrected chi connectivity index (χ3v) is 4.92. The van der Waals surface area contributed by atoms with Gasteiger partial charge in [0, 0.05) is 26.4 Å². The molecule has 3 aromatic rings. The minimum atomic E-state index is 0.205. The Morgan fingerprint density at radius 2 is 2.04 bits per heavy atom. The first-order valence-electron chi connectivity index (χ1n) is 9.41. The van der Waals surface area contributed by atoms with Crippen LogP contribution in [0, 0.1) is 6.92 Å². The summed E-state index contributed by atoms with van der Waals surface area (Å²) in [4.78, 5) is 11.1. The van der Waals surface area contributed by atoms with Crippen molar-refractivity contribution in [3.8, 4) is 17.1 Å². The van der Waals surface area contributed by atoms with Crippen molar-refractivity contribution in [2.24, 2.45) is 0 Å². The summed E-state index contributed by atoms with van der Waals surface area (Å²) in [6.45, 7) is 4.97. The molecule has 0 spiro atoms. The van der Waals surface area contributed by atoms with Gasteiger partial charge in [0.05, 0.1) is 43.9 Å². The lowest BCUT2D eigenvalue weighted by Gasteiger charge is -2.18. The maximum absolute atomic E-state index is 5.87. The Bertz CT molecular complexity index is 958. The predicted molar refractivity (Wildman–Crippen MR) is 106 cm³/mol. The zero-order valence-corrected chi connectivity index (χ0v) is 16.5. The average molecular weight is 383 g/mol. The van der Waals surface area contributed by atoms with Gasteiger partial charge in [-0.2, -0.15) is 0 Å². The quantitative estimate of drug-likeness (QED) is 0.580. The largest absolute Gasteiger partial charge is 0.481 e. The number of imidazole rings is 1. The maximum Gasteiger partial charge on any atom is 0.222 e. The van der Waals surface area contributed by atoms with Gasteiger partial charge in [0.25, 0.3) is 0 Å². The SMILES string of the molecule is COCCO[C@H]1CCN(c2ccc3ncc(-c4cc(C)cnc4OC)n3n2)C1. The number of pyridine rings is 1. The van der Waals surface area contributed by atoms with Gasteiger partial charge in [0.15, 0.2) is 5.65 Å². The molecule has 0 aromatic carbocycles. The van der Waals surface area contributed by atoms with Crippen molar-refractivity contribution in [1.82, 2.24) is 19.6 Å². The smallest absolute Gasteiger partial charge is 0.222 e. The molecule has 0 aliphatic carbocycles. The molecule has 3 aromatic heterocycles. The van der Waals surface area contributed by atoms with E-state index in [0.717, 1.165) is 47.8 Å². The van der Waals surface area contributed by atoms with Gasteiger partial charge in [-0.05, 0) is 37.1 Å². The first-order chi connectivity index (χ1) is 13.7. The van der Waals surface area contributed by atoms with Crippen molar-refractivity contribution < 1.29 is 14.2 Å². The number of nitrogens with zero attached hydrogens (tertiary/aromatic N) is 5. The molecule has 4 heterocycles. The van der Waals surface area contributed by atoms with Crippen molar-refractivity contribution in [3.05, 3.63) is 36.2 Å². The van der Waals surface area contributed by atoms with E-state index in [-0.39, 0.29) is 6.10 Å². The maximum atomic E-state index is 5.87. The van der Waals surface area contributed by atoms with Crippen LogP contribution in [0.25, 0.3) is 16.9 Å². The van der Waals surface area contributed by atoms with Gasteiger partial charge in [-0.15, -0.1) is 5.10 Å². The number of aromatic nitrogens is 4. The lowest BCUT2D eigenvalue weighted by Crippen LogP contribution is -2.25. The zero-order valence-electron chi connectivity index (χ0n) is 16.5. The molecule has 0 N–H and O–H groups in total. The number of hydrogen-bond donors (Lipinski definition) is 0. The van der Waals surface area contributed by atoms with Gasteiger partial charge in [-0.1, -0.05) is 0 Å². The highest BCUT2D eigenvalue weighted by Gasteiger charge is 2.25. The summed E-state index contributed by atoms with van der Waals surface area (Å²) in [6, 6.07) is 6.04. The van der Waals surface area contributed by atoms with Crippen molar-refractivity contribution in [1.29, 1.82) is 0 Å². The second-order valence-electron chi connectivity index (χ2n) is 6.89. The molecule has 148 valence electrons. The van der Waals surface area contributed by atoms with Crippen molar-refractivity contribution in [2.45, 2.75) is 19.4 Å². The second kappa shape index (κ2) is 8.12. The van der Waals surface area contributed by atoms with E-state index in [1.807, 2.05) is 35.8 Å². The number of anilines is 1. The number of hydrogen-bond acceptors (Lipinski definition) is 7. The Morgan fingerprint density at radius 3 is 2.86 bits per heavy atom. The van der Waals surface area contributed by atoms with Crippen LogP contribution in [0.4, 0.5) is 5.82 Å². The van der Waals surface area contributed by atoms with Crippen LogP contribution in [0.1, 0.15) is 12.0 Å². The molecule has 8 nitrogen and oxygen atoms in total. The van der Waals surface area contributed by atoms with Crippen LogP contribution in [-0.4, -0.2) is 66.2 Å². The molecule has 1 saturated heterocycles. The first-order valence-corrected chi connectivity index (χ1v) is 9.41. The summed E-state index contributed by atoms with van der Waals surface area (Å²) in [5.41, 5.74) is 3.57. The van der Waals surface area contributed by atoms with Gasteiger partial charge in [0.2, 0.25) is 5.88 Å². The standard InChI is InChI=1S/C20H25N5O3/c1-14-10-16(20(27-3)22-11-14)17-12-21-18-4-5-19(23-25(17)18)24-7-6-15(13-24)28-9-8-26-2/h4-5,10-12,15H,6-9,13H2,1-3H3/t15-/m0/s1. The van der Waals surface area contributed by atoms with Gasteiger partial charge >= 0.3 is 0 Å². The van der Waals surface area contributed by atoms with Crippen LogP contribution >= 0.6 is 0 Å². The lowest BCUT2D eigenvalue weighted by molar-refractivity contribution is 0.0280. The van der Waals surface area contributed by atoms with Crippen LogP contribution in [0.3, 0.4) is 0 Å². The normalized spacial score (nSPS) is 16.8. The molecule has 1 aliphatic rings. The molecule has 1 aliphatic heterocycles. The van der Waals surface area contributed by atoms with Gasteiger partial charge in [0.1, 0.15) is 5.82 Å². The third-order valence-electron chi connectivity index (χ3n) is 4.92. The Morgan fingerprint density at radius 1 is 1.14 bits per heavy atom. The fourth-order valence-electron chi connectivity index (χ4n) is 3.49. The molecule has 1 atom stereocenters. The highest BCUT2D eigenvalue weighted by molar-refractivity contribution is 5.68. The molecular formula is C20H25N5O3. The van der Waals surface area contributed by atoms with E-state index in [9.17, 15) is 0 Å². The van der Waals surface area contributed by atoms with E-state index in [2.05, 4.69) is 14.9 Å². The molecule has 4 rings (SSSR count). The molecule has 0 amide bonds. The number of fused-ring (bicyclic) bond motifs is 1. The third kappa shape index (κ3) is 3.65. The minimum absolute atomic E-state index is 0.205. The fraction of sp³-hybridized carbons (Fsp3) is 0.450. The lowest BCUT2D eigenvalue weighted by atomic mass is 10.1. The van der Waals surface area contributed by atoms with Crippen LogP contribution in [-0.2, 0) is 9.47 Å². The summed E-state index contributed by atoms with van der Waals surface area (Å²) in [5.74, 6) is 1.47. The van der Waals surface area contributed by atoms with Crippen LogP contribution in [0.5, 0.6) is 5.88 Å². The first kappa shape index (κ1) is 18.6. The molecule has 0 bridgehead atoms. The van der Waals surface area contributed by atoms with Gasteiger partial charge in [-0.25, -0.2) is 14.5 Å². The van der Waals surface area contributed by atoms with Crippen molar-refractivity contribution >= 4 is 11.5 Å². The summed E-state index contributed by atoms with van der Waals surface area (Å²) in [5, 5.41) is 4.85. The van der Waals surface area contributed by atoms with Crippen LogP contribution in [0.15, 0.2) is 30.6 Å². The van der Waals surface area contributed by atoms with Gasteiger partial charge in [-0.3, -0.25) is 0 Å². The van der Waals surface area contributed by atoms with Gasteiger partial charge < -0.3 is 19.1 Å². The monoisotopic (exact) mass is 383 g/mol. The summed E-state index contributed by atoms with van der Waals surface area (Å²) in [6.07, 6.45) is 4.79. The highest BCUT2D eigenvalue weighted by Crippen LogP contribution is 2.30. The van der Waals surface area contributed by atoms with E-state index in [1.165, 1.54) is 0 Å². The summed E-state index contributed by atoms with van der Waals surface area (Å²) >= 11 is 0. The Balaban J connectivity index is 1.62. The van der Waals surface area contributed by atoms with E-state index < -0.39 is 0 Å². The Labute approximate surface area is 164 Å². The predicted octanol–water partition coefficient (Wildman–Crippen LogP) is 2.35. The molecule has 0 unspecified atom stereocenters. The van der Waals surface area contributed by atoms with Crippen LogP contribution < -0.4 is 9.64 Å². The average Bonchev–Trinajstić information content (AvgIpc) is 3.34. The fourth-order valence-corrected chi connectivity index (χ4v) is 3.49. The highest BCUT2D eigenvalue weighted by atomic mass is 16.5. The van der Waals surface area contributed by atoms with Crippen molar-refractivity contribution in [3.63, 3.8) is 0 Å². The second-order valence-corrected chi connectivity index (χ2v) is 6.89. The van der Waals surface area contributed by atoms with Crippen molar-refractivity contribution in [2.75, 3.05) is 45.4 Å².